The molecule has 25 heavy (non-hydrogen) atoms. The lowest BCUT2D eigenvalue weighted by Crippen LogP contribution is -2.20. The van der Waals surface area contributed by atoms with E-state index in [1.807, 2.05) is 25.1 Å². The highest BCUT2D eigenvalue weighted by Crippen LogP contribution is 2.25. The molecule has 0 spiro atoms. The second-order valence-electron chi connectivity index (χ2n) is 5.20. The Kier molecular flexibility index (Phi) is 6.60. The van der Waals surface area contributed by atoms with Crippen molar-refractivity contribution in [1.82, 2.24) is 0 Å². The molecule has 0 aliphatic carbocycles. The molecule has 0 saturated carbocycles. The SMILES string of the molecule is COc1cccc(/C=C/C(=O)OCC(=O)Nc2c(C)cccc2Cl)c1. The number of aryl methyl sites for hydroxylation is 1. The largest absolute Gasteiger partial charge is 0.497 e. The van der Waals surface area contributed by atoms with Gasteiger partial charge in [0, 0.05) is 6.08 Å². The zero-order chi connectivity index (χ0) is 18.2. The van der Waals surface area contributed by atoms with Crippen LogP contribution >= 0.6 is 11.6 Å². The van der Waals surface area contributed by atoms with E-state index in [1.165, 1.54) is 6.08 Å². The van der Waals surface area contributed by atoms with Gasteiger partial charge in [0.15, 0.2) is 6.61 Å². The van der Waals surface area contributed by atoms with Crippen molar-refractivity contribution in [2.75, 3.05) is 19.0 Å². The zero-order valence-corrected chi connectivity index (χ0v) is 14.7. The van der Waals surface area contributed by atoms with Crippen LogP contribution in [0.4, 0.5) is 5.69 Å². The van der Waals surface area contributed by atoms with Gasteiger partial charge < -0.3 is 14.8 Å². The third-order valence-corrected chi connectivity index (χ3v) is 3.65. The molecule has 0 fully saturated rings. The first kappa shape index (κ1) is 18.5. The number of esters is 1. The average Bonchev–Trinajstić information content (AvgIpc) is 2.61. The molecule has 130 valence electrons. The highest BCUT2D eigenvalue weighted by Gasteiger charge is 2.10. The number of rotatable bonds is 6. The summed E-state index contributed by atoms with van der Waals surface area (Å²) in [6.45, 7) is 1.43. The maximum Gasteiger partial charge on any atom is 0.331 e. The first-order chi connectivity index (χ1) is 12.0. The molecule has 0 aliphatic heterocycles. The Morgan fingerprint density at radius 3 is 2.68 bits per heavy atom. The molecule has 0 unspecified atom stereocenters. The maximum absolute atomic E-state index is 11.9. The average molecular weight is 360 g/mol. The number of benzene rings is 2. The number of halogens is 1. The van der Waals surface area contributed by atoms with Gasteiger partial charge in [-0.1, -0.05) is 35.9 Å². The highest BCUT2D eigenvalue weighted by molar-refractivity contribution is 6.33. The molecule has 0 heterocycles. The minimum atomic E-state index is -0.617. The van der Waals surface area contributed by atoms with E-state index < -0.39 is 18.5 Å². The summed E-state index contributed by atoms with van der Waals surface area (Å²) in [5.41, 5.74) is 2.12. The van der Waals surface area contributed by atoms with Gasteiger partial charge >= 0.3 is 5.97 Å². The summed E-state index contributed by atoms with van der Waals surface area (Å²) >= 11 is 6.03. The Morgan fingerprint density at radius 2 is 1.96 bits per heavy atom. The summed E-state index contributed by atoms with van der Waals surface area (Å²) in [4.78, 5) is 23.6. The van der Waals surface area contributed by atoms with Gasteiger partial charge in [-0.3, -0.25) is 4.79 Å². The van der Waals surface area contributed by atoms with Gasteiger partial charge in [0.05, 0.1) is 17.8 Å². The third-order valence-electron chi connectivity index (χ3n) is 3.34. The van der Waals surface area contributed by atoms with Crippen molar-refractivity contribution in [3.8, 4) is 5.75 Å². The Morgan fingerprint density at radius 1 is 1.20 bits per heavy atom. The minimum absolute atomic E-state index is 0.397. The van der Waals surface area contributed by atoms with Crippen LogP contribution in [0.5, 0.6) is 5.75 Å². The van der Waals surface area contributed by atoms with Crippen LogP contribution in [0, 0.1) is 6.92 Å². The summed E-state index contributed by atoms with van der Waals surface area (Å²) in [7, 11) is 1.57. The molecule has 0 radical (unpaired) electrons. The molecule has 0 saturated heterocycles. The van der Waals surface area contributed by atoms with Crippen LogP contribution in [-0.4, -0.2) is 25.6 Å². The number of nitrogens with one attached hydrogen (secondary N) is 1. The van der Waals surface area contributed by atoms with Crippen LogP contribution in [0.15, 0.2) is 48.5 Å². The second kappa shape index (κ2) is 8.89. The smallest absolute Gasteiger partial charge is 0.331 e. The van der Waals surface area contributed by atoms with Gasteiger partial charge in [-0.05, 0) is 42.3 Å². The molecule has 0 atom stereocenters. The molecule has 2 rings (SSSR count). The topological polar surface area (TPSA) is 64.6 Å². The lowest BCUT2D eigenvalue weighted by atomic mass is 10.2. The summed E-state index contributed by atoms with van der Waals surface area (Å²) < 4.78 is 10.0. The number of amides is 1. The number of methoxy groups -OCH3 is 1. The number of anilines is 1. The molecule has 2 aromatic carbocycles. The minimum Gasteiger partial charge on any atom is -0.497 e. The van der Waals surface area contributed by atoms with Crippen LogP contribution in [-0.2, 0) is 14.3 Å². The van der Waals surface area contributed by atoms with Crippen LogP contribution in [0.1, 0.15) is 11.1 Å². The number of carbonyl (C=O) groups is 2. The second-order valence-corrected chi connectivity index (χ2v) is 5.60. The normalized spacial score (nSPS) is 10.5. The van der Waals surface area contributed by atoms with Crippen molar-refractivity contribution in [2.24, 2.45) is 0 Å². The predicted molar refractivity (Wildman–Crippen MR) is 97.8 cm³/mol. The molecule has 6 heteroatoms. The van der Waals surface area contributed by atoms with E-state index in [4.69, 9.17) is 21.1 Å². The Labute approximate surface area is 151 Å². The molecule has 0 aromatic heterocycles. The van der Waals surface area contributed by atoms with Crippen LogP contribution in [0.3, 0.4) is 0 Å². The molecular weight excluding hydrogens is 342 g/mol. The summed E-state index contributed by atoms with van der Waals surface area (Å²) in [6, 6.07) is 12.5. The summed E-state index contributed by atoms with van der Waals surface area (Å²) in [5.74, 6) is -0.391. The van der Waals surface area contributed by atoms with Crippen LogP contribution < -0.4 is 10.1 Å². The fraction of sp³-hybridized carbons (Fsp3) is 0.158. The monoisotopic (exact) mass is 359 g/mol. The van der Waals surface area contributed by atoms with Crippen LogP contribution in [0.25, 0.3) is 6.08 Å². The first-order valence-electron chi connectivity index (χ1n) is 7.53. The summed E-state index contributed by atoms with van der Waals surface area (Å²) in [5, 5.41) is 3.06. The highest BCUT2D eigenvalue weighted by atomic mass is 35.5. The molecule has 1 amide bonds. The van der Waals surface area contributed by atoms with Crippen molar-refractivity contribution in [3.63, 3.8) is 0 Å². The fourth-order valence-electron chi connectivity index (χ4n) is 2.06. The Balaban J connectivity index is 1.87. The van der Waals surface area contributed by atoms with Crippen molar-refractivity contribution < 1.29 is 19.1 Å². The zero-order valence-electron chi connectivity index (χ0n) is 13.9. The number of ether oxygens (including phenoxy) is 2. The van der Waals surface area contributed by atoms with E-state index in [2.05, 4.69) is 5.32 Å². The van der Waals surface area contributed by atoms with Gasteiger partial charge in [0.1, 0.15) is 5.75 Å². The number of para-hydroxylation sites is 1. The Bertz CT molecular complexity index is 782. The molecule has 2 aromatic rings. The molecule has 0 bridgehead atoms. The van der Waals surface area contributed by atoms with Gasteiger partial charge in [-0.15, -0.1) is 0 Å². The van der Waals surface area contributed by atoms with Crippen LogP contribution in [0.2, 0.25) is 5.02 Å². The first-order valence-corrected chi connectivity index (χ1v) is 7.91. The fourth-order valence-corrected chi connectivity index (χ4v) is 2.33. The van der Waals surface area contributed by atoms with E-state index in [-0.39, 0.29) is 0 Å². The van der Waals surface area contributed by atoms with Crippen molar-refractivity contribution in [2.45, 2.75) is 6.92 Å². The third kappa shape index (κ3) is 5.65. The van der Waals surface area contributed by atoms with Gasteiger partial charge in [0.25, 0.3) is 5.91 Å². The summed E-state index contributed by atoms with van der Waals surface area (Å²) in [6.07, 6.45) is 2.84. The van der Waals surface area contributed by atoms with E-state index in [0.29, 0.717) is 16.5 Å². The lowest BCUT2D eigenvalue weighted by Gasteiger charge is -2.10. The van der Waals surface area contributed by atoms with E-state index in [9.17, 15) is 9.59 Å². The van der Waals surface area contributed by atoms with Gasteiger partial charge in [-0.2, -0.15) is 0 Å². The van der Waals surface area contributed by atoms with Crippen molar-refractivity contribution in [3.05, 3.63) is 64.7 Å². The van der Waals surface area contributed by atoms with E-state index in [0.717, 1.165) is 11.1 Å². The van der Waals surface area contributed by atoms with Gasteiger partial charge in [-0.25, -0.2) is 4.79 Å². The van der Waals surface area contributed by atoms with Crippen molar-refractivity contribution >= 4 is 35.2 Å². The van der Waals surface area contributed by atoms with Crippen molar-refractivity contribution in [1.29, 1.82) is 0 Å². The molecule has 5 nitrogen and oxygen atoms in total. The number of hydrogen-bond donors (Lipinski definition) is 1. The quantitative estimate of drug-likeness (QED) is 0.628. The molecular formula is C19H18ClNO4. The van der Waals surface area contributed by atoms with Gasteiger partial charge in [0.2, 0.25) is 0 Å². The Hall–Kier alpha value is -2.79. The standard InChI is InChI=1S/C19H18ClNO4/c1-13-5-3-8-16(20)19(13)21-17(22)12-25-18(23)10-9-14-6-4-7-15(11-14)24-2/h3-11H,12H2,1-2H3,(H,21,22)/b10-9+. The molecule has 1 N–H and O–H groups in total. The maximum atomic E-state index is 11.9. The number of carbonyl (C=O) groups excluding carboxylic acids is 2. The van der Waals surface area contributed by atoms with E-state index in [1.54, 1.807) is 37.5 Å². The number of hydrogen-bond acceptors (Lipinski definition) is 4. The lowest BCUT2D eigenvalue weighted by molar-refractivity contribution is -0.142. The van der Waals surface area contributed by atoms with E-state index >= 15 is 0 Å². The molecule has 0 aliphatic rings. The predicted octanol–water partition coefficient (Wildman–Crippen LogP) is 3.85.